The lowest BCUT2D eigenvalue weighted by Crippen LogP contribution is -2.33. The highest BCUT2D eigenvalue weighted by Gasteiger charge is 2.26. The molecule has 1 N–H and O–H groups in total. The quantitative estimate of drug-likeness (QED) is 0.870. The van der Waals surface area contributed by atoms with Crippen LogP contribution in [-0.2, 0) is 9.59 Å². The fourth-order valence-electron chi connectivity index (χ4n) is 3.03. The van der Waals surface area contributed by atoms with Gasteiger partial charge in [0.1, 0.15) is 0 Å². The van der Waals surface area contributed by atoms with Crippen molar-refractivity contribution in [2.45, 2.75) is 38.1 Å². The van der Waals surface area contributed by atoms with Crippen LogP contribution in [0.5, 0.6) is 0 Å². The van der Waals surface area contributed by atoms with E-state index in [4.69, 9.17) is 11.6 Å². The third-order valence-electron chi connectivity index (χ3n) is 4.30. The molecule has 1 aromatic carbocycles. The second-order valence-corrected chi connectivity index (χ2v) is 6.29. The Balaban J connectivity index is 0.000000164. The molecule has 0 radical (unpaired) electrons. The Morgan fingerprint density at radius 1 is 1.32 bits per heavy atom. The number of nitrogens with one attached hydrogen (secondary N) is 1. The zero-order valence-corrected chi connectivity index (χ0v) is 13.7. The number of hydrogen-bond acceptors (Lipinski definition) is 3. The third kappa shape index (κ3) is 4.55. The lowest BCUT2D eigenvalue weighted by atomic mass is 9.99. The first-order chi connectivity index (χ1) is 10.6. The van der Waals surface area contributed by atoms with E-state index in [0.29, 0.717) is 5.92 Å². The molecule has 3 rings (SSSR count). The van der Waals surface area contributed by atoms with Crippen LogP contribution >= 0.6 is 11.6 Å². The largest absolute Gasteiger partial charge is 0.335 e. The van der Waals surface area contributed by atoms with E-state index in [2.05, 4.69) is 17.4 Å². The molecule has 1 amide bonds. The lowest BCUT2D eigenvalue weighted by molar-refractivity contribution is -0.128. The van der Waals surface area contributed by atoms with Gasteiger partial charge in [-0.3, -0.25) is 9.59 Å². The summed E-state index contributed by atoms with van der Waals surface area (Å²) in [7, 11) is 0. The summed E-state index contributed by atoms with van der Waals surface area (Å²) in [6, 6.07) is 8.06. The Labute approximate surface area is 136 Å². The highest BCUT2D eigenvalue weighted by molar-refractivity contribution is 6.30. The van der Waals surface area contributed by atoms with Gasteiger partial charge in [-0.05, 0) is 56.3 Å². The summed E-state index contributed by atoms with van der Waals surface area (Å²) in [6.45, 7) is 4.54. The fraction of sp³-hybridized carbons (Fsp3) is 0.529. The summed E-state index contributed by atoms with van der Waals surface area (Å²) in [4.78, 5) is 22.7. The van der Waals surface area contributed by atoms with Crippen LogP contribution in [0.15, 0.2) is 24.3 Å². The first kappa shape index (κ1) is 17.0. The van der Waals surface area contributed by atoms with Crippen molar-refractivity contribution in [2.75, 3.05) is 19.6 Å². The Kier molecular flexibility index (Phi) is 6.40. The standard InChI is InChI=1S/C10H12ClN.C7H11NO2/c11-10-3-1-8(2-4-10)9-5-6-12-7-9;1-6(10)7-3-2-4-8(7)5-9/h1-4,9,12H,5-7H2;5,7H,2-4H2,1H3. The molecule has 0 aromatic heterocycles. The van der Waals surface area contributed by atoms with E-state index >= 15 is 0 Å². The van der Waals surface area contributed by atoms with Gasteiger partial charge in [0.2, 0.25) is 6.41 Å². The first-order valence-corrected chi connectivity index (χ1v) is 8.17. The predicted octanol–water partition coefficient (Wildman–Crippen LogP) is 2.61. The van der Waals surface area contributed by atoms with Crippen molar-refractivity contribution in [1.29, 1.82) is 0 Å². The monoisotopic (exact) mass is 322 g/mol. The first-order valence-electron chi connectivity index (χ1n) is 7.79. The van der Waals surface area contributed by atoms with E-state index in [1.807, 2.05) is 12.1 Å². The SMILES string of the molecule is CC(=O)C1CCCN1C=O.Clc1ccc(C2CCNC2)cc1. The van der Waals surface area contributed by atoms with Gasteiger partial charge in [0, 0.05) is 18.1 Å². The van der Waals surface area contributed by atoms with Crippen LogP contribution in [0.1, 0.15) is 37.7 Å². The van der Waals surface area contributed by atoms with Gasteiger partial charge in [-0.1, -0.05) is 23.7 Å². The molecule has 2 unspecified atom stereocenters. The van der Waals surface area contributed by atoms with Gasteiger partial charge in [0.25, 0.3) is 0 Å². The molecule has 2 heterocycles. The molecule has 2 aliphatic heterocycles. The van der Waals surface area contributed by atoms with Crippen LogP contribution in [0.3, 0.4) is 0 Å². The Hall–Kier alpha value is -1.39. The summed E-state index contributed by atoms with van der Waals surface area (Å²) in [6.07, 6.45) is 3.82. The second kappa shape index (κ2) is 8.30. The minimum Gasteiger partial charge on any atom is -0.335 e. The van der Waals surface area contributed by atoms with Crippen LogP contribution in [0.2, 0.25) is 5.02 Å². The van der Waals surface area contributed by atoms with Crippen molar-refractivity contribution in [3.8, 4) is 0 Å². The highest BCUT2D eigenvalue weighted by atomic mass is 35.5. The molecule has 22 heavy (non-hydrogen) atoms. The number of ketones is 1. The van der Waals surface area contributed by atoms with Crippen LogP contribution in [-0.4, -0.2) is 42.8 Å². The number of halogens is 1. The third-order valence-corrected chi connectivity index (χ3v) is 4.55. The number of Topliss-reactive ketones (excluding diaryl/α,β-unsaturated/α-hetero) is 1. The molecule has 2 fully saturated rings. The molecule has 5 heteroatoms. The molecule has 2 saturated heterocycles. The number of benzene rings is 1. The molecule has 2 aliphatic rings. The number of amides is 1. The topological polar surface area (TPSA) is 49.4 Å². The van der Waals surface area contributed by atoms with Crippen molar-refractivity contribution in [3.63, 3.8) is 0 Å². The van der Waals surface area contributed by atoms with Crippen molar-refractivity contribution < 1.29 is 9.59 Å². The van der Waals surface area contributed by atoms with E-state index in [-0.39, 0.29) is 11.8 Å². The van der Waals surface area contributed by atoms with Gasteiger partial charge in [0.15, 0.2) is 5.78 Å². The van der Waals surface area contributed by atoms with Crippen molar-refractivity contribution >= 4 is 23.8 Å². The minimum atomic E-state index is -0.127. The zero-order chi connectivity index (χ0) is 15.9. The molecular weight excluding hydrogens is 300 g/mol. The van der Waals surface area contributed by atoms with E-state index in [0.717, 1.165) is 43.9 Å². The molecule has 0 saturated carbocycles. The van der Waals surface area contributed by atoms with E-state index in [9.17, 15) is 9.59 Å². The number of carbonyl (C=O) groups is 2. The summed E-state index contributed by atoms with van der Waals surface area (Å²) < 4.78 is 0. The maximum absolute atomic E-state index is 10.8. The van der Waals surface area contributed by atoms with Crippen molar-refractivity contribution in [2.24, 2.45) is 0 Å². The van der Waals surface area contributed by atoms with Gasteiger partial charge < -0.3 is 10.2 Å². The minimum absolute atomic E-state index is 0.101. The summed E-state index contributed by atoms with van der Waals surface area (Å²) in [5, 5.41) is 4.18. The highest BCUT2D eigenvalue weighted by Crippen LogP contribution is 2.23. The number of nitrogens with zero attached hydrogens (tertiary/aromatic N) is 1. The van der Waals surface area contributed by atoms with Gasteiger partial charge in [-0.15, -0.1) is 0 Å². The van der Waals surface area contributed by atoms with Gasteiger partial charge in [-0.25, -0.2) is 0 Å². The van der Waals surface area contributed by atoms with Crippen LogP contribution < -0.4 is 5.32 Å². The number of carbonyl (C=O) groups excluding carboxylic acids is 2. The summed E-state index contributed by atoms with van der Waals surface area (Å²) in [5.74, 6) is 0.798. The predicted molar refractivity (Wildman–Crippen MR) is 88.2 cm³/mol. The molecule has 0 bridgehead atoms. The maximum atomic E-state index is 10.8. The van der Waals surface area contributed by atoms with Crippen molar-refractivity contribution in [3.05, 3.63) is 34.9 Å². The summed E-state index contributed by atoms with van der Waals surface area (Å²) >= 11 is 5.80. The molecular formula is C17H23ClN2O2. The van der Waals surface area contributed by atoms with E-state index in [1.165, 1.54) is 18.9 Å². The van der Waals surface area contributed by atoms with Crippen LogP contribution in [0.4, 0.5) is 0 Å². The molecule has 0 aliphatic carbocycles. The number of likely N-dealkylation sites (tertiary alicyclic amines) is 1. The van der Waals surface area contributed by atoms with E-state index in [1.54, 1.807) is 4.90 Å². The van der Waals surface area contributed by atoms with Gasteiger partial charge >= 0.3 is 0 Å². The fourth-order valence-corrected chi connectivity index (χ4v) is 3.15. The Morgan fingerprint density at radius 3 is 2.55 bits per heavy atom. The summed E-state index contributed by atoms with van der Waals surface area (Å²) in [5.41, 5.74) is 1.41. The van der Waals surface area contributed by atoms with Crippen molar-refractivity contribution in [1.82, 2.24) is 10.2 Å². The average Bonchev–Trinajstić information content (AvgIpc) is 3.20. The van der Waals surface area contributed by atoms with E-state index < -0.39 is 0 Å². The van der Waals surface area contributed by atoms with Gasteiger partial charge in [0.05, 0.1) is 6.04 Å². The van der Waals surface area contributed by atoms with Crippen LogP contribution in [0.25, 0.3) is 0 Å². The van der Waals surface area contributed by atoms with Crippen LogP contribution in [0, 0.1) is 0 Å². The average molecular weight is 323 g/mol. The number of hydrogen-bond donors (Lipinski definition) is 1. The zero-order valence-electron chi connectivity index (χ0n) is 12.9. The number of rotatable bonds is 3. The Morgan fingerprint density at radius 2 is 2.05 bits per heavy atom. The molecule has 120 valence electrons. The molecule has 2 atom stereocenters. The molecule has 0 spiro atoms. The molecule has 4 nitrogen and oxygen atoms in total. The normalized spacial score (nSPS) is 23.8. The maximum Gasteiger partial charge on any atom is 0.210 e. The second-order valence-electron chi connectivity index (χ2n) is 5.85. The smallest absolute Gasteiger partial charge is 0.210 e. The Bertz CT molecular complexity index is 498. The van der Waals surface area contributed by atoms with Gasteiger partial charge in [-0.2, -0.15) is 0 Å². The lowest BCUT2D eigenvalue weighted by Gasteiger charge is -2.15. The molecule has 1 aromatic rings.